The Kier molecular flexibility index (Phi) is 6.26. The number of nitrogens with zero attached hydrogens (tertiary/aromatic N) is 1. The summed E-state index contributed by atoms with van der Waals surface area (Å²) in [5.41, 5.74) is 2.80. The van der Waals surface area contributed by atoms with Gasteiger partial charge in [0.25, 0.3) is 11.8 Å². The van der Waals surface area contributed by atoms with Crippen LogP contribution in [0.25, 0.3) is 0 Å². The van der Waals surface area contributed by atoms with Crippen LogP contribution in [0.1, 0.15) is 25.6 Å². The van der Waals surface area contributed by atoms with Crippen molar-refractivity contribution >= 4 is 45.2 Å². The molecule has 5 nitrogen and oxygen atoms in total. The maximum atomic E-state index is 12.5. The van der Waals surface area contributed by atoms with Crippen molar-refractivity contribution in [3.63, 3.8) is 0 Å². The first-order valence-corrected chi connectivity index (χ1v) is 10.3. The first-order valence-electron chi connectivity index (χ1n) is 8.51. The SMILES string of the molecule is CN(C)c1ccc(CCNC(=O)c2ccsc2NC(=O)c2cccs2)cc1. The highest BCUT2D eigenvalue weighted by atomic mass is 32.1. The Hall–Kier alpha value is -2.64. The zero-order valence-corrected chi connectivity index (χ0v) is 16.8. The number of hydrogen-bond acceptors (Lipinski definition) is 5. The van der Waals surface area contributed by atoms with E-state index < -0.39 is 0 Å². The van der Waals surface area contributed by atoms with Gasteiger partial charge in [0.05, 0.1) is 10.4 Å². The number of nitrogens with one attached hydrogen (secondary N) is 2. The summed E-state index contributed by atoms with van der Waals surface area (Å²) in [4.78, 5) is 27.3. The molecule has 0 aliphatic rings. The Morgan fingerprint density at radius 2 is 1.74 bits per heavy atom. The van der Waals surface area contributed by atoms with E-state index in [-0.39, 0.29) is 11.8 Å². The molecule has 3 rings (SSSR count). The maximum absolute atomic E-state index is 12.5. The monoisotopic (exact) mass is 399 g/mol. The lowest BCUT2D eigenvalue weighted by Crippen LogP contribution is -2.26. The normalized spacial score (nSPS) is 10.4. The van der Waals surface area contributed by atoms with Gasteiger partial charge in [0.1, 0.15) is 5.00 Å². The first kappa shape index (κ1) is 19.1. The van der Waals surface area contributed by atoms with Gasteiger partial charge < -0.3 is 15.5 Å². The maximum Gasteiger partial charge on any atom is 0.266 e. The van der Waals surface area contributed by atoms with Gasteiger partial charge in [-0.2, -0.15) is 0 Å². The lowest BCUT2D eigenvalue weighted by molar-refractivity contribution is 0.0955. The van der Waals surface area contributed by atoms with Crippen LogP contribution in [0.3, 0.4) is 0 Å². The fourth-order valence-corrected chi connectivity index (χ4v) is 3.93. The molecule has 27 heavy (non-hydrogen) atoms. The number of carbonyl (C=O) groups excluding carboxylic acids is 2. The van der Waals surface area contributed by atoms with E-state index in [9.17, 15) is 9.59 Å². The fraction of sp³-hybridized carbons (Fsp3) is 0.200. The number of hydrogen-bond donors (Lipinski definition) is 2. The predicted molar refractivity (Wildman–Crippen MR) is 113 cm³/mol. The van der Waals surface area contributed by atoms with Crippen molar-refractivity contribution in [3.8, 4) is 0 Å². The topological polar surface area (TPSA) is 61.4 Å². The van der Waals surface area contributed by atoms with Crippen LogP contribution in [0, 0.1) is 0 Å². The van der Waals surface area contributed by atoms with Crippen molar-refractivity contribution in [1.82, 2.24) is 5.32 Å². The van der Waals surface area contributed by atoms with Crippen molar-refractivity contribution in [2.75, 3.05) is 30.9 Å². The third-order valence-corrected chi connectivity index (χ3v) is 5.73. The van der Waals surface area contributed by atoms with E-state index in [0.29, 0.717) is 22.0 Å². The van der Waals surface area contributed by atoms with Gasteiger partial charge in [-0.05, 0) is 47.0 Å². The molecule has 0 unspecified atom stereocenters. The van der Waals surface area contributed by atoms with Gasteiger partial charge in [0.15, 0.2) is 0 Å². The molecule has 2 N–H and O–H groups in total. The second-order valence-electron chi connectivity index (χ2n) is 6.16. The molecule has 2 amide bonds. The molecule has 0 atom stereocenters. The van der Waals surface area contributed by atoms with Crippen LogP contribution in [0.4, 0.5) is 10.7 Å². The lowest BCUT2D eigenvalue weighted by Gasteiger charge is -2.12. The van der Waals surface area contributed by atoms with Crippen LogP contribution < -0.4 is 15.5 Å². The van der Waals surface area contributed by atoms with E-state index in [4.69, 9.17) is 0 Å². The number of amides is 2. The molecule has 0 saturated heterocycles. The predicted octanol–water partition coefficient (Wildman–Crippen LogP) is 4.10. The van der Waals surface area contributed by atoms with Gasteiger partial charge in [-0.1, -0.05) is 18.2 Å². The molecule has 0 radical (unpaired) electrons. The van der Waals surface area contributed by atoms with Crippen molar-refractivity contribution < 1.29 is 9.59 Å². The van der Waals surface area contributed by atoms with E-state index in [2.05, 4.69) is 34.9 Å². The minimum Gasteiger partial charge on any atom is -0.378 e. The molecule has 3 aromatic rings. The molecule has 140 valence electrons. The van der Waals surface area contributed by atoms with Crippen molar-refractivity contribution in [3.05, 3.63) is 69.2 Å². The fourth-order valence-electron chi connectivity index (χ4n) is 2.53. The average molecular weight is 400 g/mol. The molecule has 0 aliphatic carbocycles. The highest BCUT2D eigenvalue weighted by Gasteiger charge is 2.16. The molecule has 0 bridgehead atoms. The van der Waals surface area contributed by atoms with E-state index in [1.165, 1.54) is 22.7 Å². The van der Waals surface area contributed by atoms with Gasteiger partial charge in [-0.15, -0.1) is 22.7 Å². The quantitative estimate of drug-likeness (QED) is 0.629. The van der Waals surface area contributed by atoms with E-state index in [0.717, 1.165) is 17.7 Å². The smallest absolute Gasteiger partial charge is 0.266 e. The Balaban J connectivity index is 1.54. The molecule has 0 fully saturated rings. The molecule has 2 heterocycles. The number of thiophene rings is 2. The average Bonchev–Trinajstić information content (AvgIpc) is 3.34. The number of benzene rings is 1. The summed E-state index contributed by atoms with van der Waals surface area (Å²) in [6.45, 7) is 0.536. The molecular weight excluding hydrogens is 378 g/mol. The van der Waals surface area contributed by atoms with Gasteiger partial charge in [0.2, 0.25) is 0 Å². The first-order chi connectivity index (χ1) is 13.0. The largest absolute Gasteiger partial charge is 0.378 e. The summed E-state index contributed by atoms with van der Waals surface area (Å²) >= 11 is 2.72. The summed E-state index contributed by atoms with van der Waals surface area (Å²) in [7, 11) is 4.01. The van der Waals surface area contributed by atoms with Gasteiger partial charge in [0, 0.05) is 26.3 Å². The van der Waals surface area contributed by atoms with Crippen molar-refractivity contribution in [2.45, 2.75) is 6.42 Å². The minimum atomic E-state index is -0.192. The van der Waals surface area contributed by atoms with E-state index in [1.54, 1.807) is 17.5 Å². The van der Waals surface area contributed by atoms with E-state index >= 15 is 0 Å². The minimum absolute atomic E-state index is 0.178. The second-order valence-corrected chi connectivity index (χ2v) is 8.03. The van der Waals surface area contributed by atoms with Crippen LogP contribution in [0.2, 0.25) is 0 Å². The van der Waals surface area contributed by atoms with Gasteiger partial charge in [-0.3, -0.25) is 9.59 Å². The zero-order chi connectivity index (χ0) is 19.2. The third-order valence-electron chi connectivity index (χ3n) is 4.03. The summed E-state index contributed by atoms with van der Waals surface area (Å²) in [5, 5.41) is 9.98. The molecular formula is C20H21N3O2S2. The van der Waals surface area contributed by atoms with Crippen molar-refractivity contribution in [2.24, 2.45) is 0 Å². The molecule has 7 heteroatoms. The van der Waals surface area contributed by atoms with Crippen LogP contribution in [0.15, 0.2) is 53.2 Å². The summed E-state index contributed by atoms with van der Waals surface area (Å²) < 4.78 is 0. The molecule has 0 spiro atoms. The highest BCUT2D eigenvalue weighted by molar-refractivity contribution is 7.15. The van der Waals surface area contributed by atoms with Crippen molar-refractivity contribution in [1.29, 1.82) is 0 Å². The van der Waals surface area contributed by atoms with E-state index in [1.807, 2.05) is 30.4 Å². The van der Waals surface area contributed by atoms with Crippen LogP contribution in [0.5, 0.6) is 0 Å². The molecule has 1 aromatic carbocycles. The number of anilines is 2. The second kappa shape index (κ2) is 8.83. The van der Waals surface area contributed by atoms with Crippen LogP contribution in [-0.2, 0) is 6.42 Å². The summed E-state index contributed by atoms with van der Waals surface area (Å²) in [6.07, 6.45) is 0.750. The standard InChI is InChI=1S/C20H21N3O2S2/c1-23(2)15-7-5-14(6-8-15)9-11-21-18(24)16-10-13-27-20(16)22-19(25)17-4-3-12-26-17/h3-8,10,12-13H,9,11H2,1-2H3,(H,21,24)(H,22,25). The lowest BCUT2D eigenvalue weighted by atomic mass is 10.1. The zero-order valence-electron chi connectivity index (χ0n) is 15.2. The Bertz CT molecular complexity index is 900. The highest BCUT2D eigenvalue weighted by Crippen LogP contribution is 2.24. The third kappa shape index (κ3) is 4.96. The van der Waals surface area contributed by atoms with Crippen LogP contribution in [-0.4, -0.2) is 32.5 Å². The Morgan fingerprint density at radius 3 is 2.41 bits per heavy atom. The summed E-state index contributed by atoms with van der Waals surface area (Å²) in [5.74, 6) is -0.370. The summed E-state index contributed by atoms with van der Waals surface area (Å²) in [6, 6.07) is 13.6. The Labute approximate surface area is 166 Å². The Morgan fingerprint density at radius 1 is 0.963 bits per heavy atom. The number of carbonyl (C=O) groups is 2. The van der Waals surface area contributed by atoms with Gasteiger partial charge in [-0.25, -0.2) is 0 Å². The van der Waals surface area contributed by atoms with Gasteiger partial charge >= 0.3 is 0 Å². The molecule has 2 aromatic heterocycles. The van der Waals surface area contributed by atoms with Crippen LogP contribution >= 0.6 is 22.7 Å². The molecule has 0 aliphatic heterocycles. The molecule has 0 saturated carbocycles. The number of rotatable bonds is 7.